The van der Waals surface area contributed by atoms with Crippen LogP contribution in [0.5, 0.6) is 11.5 Å². The van der Waals surface area contributed by atoms with E-state index in [0.29, 0.717) is 35.1 Å². The van der Waals surface area contributed by atoms with E-state index < -0.39 is 17.3 Å². The lowest BCUT2D eigenvalue weighted by atomic mass is 9.71. The fourth-order valence-corrected chi connectivity index (χ4v) is 5.87. The van der Waals surface area contributed by atoms with Crippen molar-refractivity contribution in [1.29, 1.82) is 0 Å². The Kier molecular flexibility index (Phi) is 5.33. The molecule has 6 rings (SSSR count). The number of rotatable bonds is 5. The van der Waals surface area contributed by atoms with Gasteiger partial charge in [0, 0.05) is 22.6 Å². The second-order valence-electron chi connectivity index (χ2n) is 9.26. The van der Waals surface area contributed by atoms with Gasteiger partial charge in [-0.3, -0.25) is 0 Å². The van der Waals surface area contributed by atoms with Gasteiger partial charge in [-0.2, -0.15) is 0 Å². The first kappa shape index (κ1) is 22.2. The third kappa shape index (κ3) is 3.36. The minimum absolute atomic E-state index is 0.286. The van der Waals surface area contributed by atoms with Gasteiger partial charge in [-0.05, 0) is 47.4 Å². The first-order valence-electron chi connectivity index (χ1n) is 11.7. The molecular formula is C30H25ClO4. The van der Waals surface area contributed by atoms with Crippen molar-refractivity contribution in [2.75, 3.05) is 0 Å². The first-order valence-corrected chi connectivity index (χ1v) is 12.1. The normalized spacial score (nSPS) is 26.6. The van der Waals surface area contributed by atoms with E-state index in [-0.39, 0.29) is 5.92 Å². The van der Waals surface area contributed by atoms with Crippen molar-refractivity contribution in [3.8, 4) is 11.5 Å². The van der Waals surface area contributed by atoms with E-state index in [9.17, 15) is 10.2 Å². The summed E-state index contributed by atoms with van der Waals surface area (Å²) in [5, 5.41) is 24.3. The predicted molar refractivity (Wildman–Crippen MR) is 135 cm³/mol. The number of ether oxygens (including phenoxy) is 2. The SMILES string of the molecule is O[C@@H]1C[C@@H](c2ccccc2)[C@]2(c3ccc(Cl)cc3)Oc3cc(OCc4ccccc4)ccc3[C@]12O. The van der Waals surface area contributed by atoms with E-state index in [1.165, 1.54) is 0 Å². The molecule has 2 N–H and O–H groups in total. The predicted octanol–water partition coefficient (Wildman–Crippen LogP) is 5.94. The van der Waals surface area contributed by atoms with Crippen molar-refractivity contribution < 1.29 is 19.7 Å². The minimum Gasteiger partial charge on any atom is -0.489 e. The highest BCUT2D eigenvalue weighted by atomic mass is 35.5. The van der Waals surface area contributed by atoms with E-state index in [1.54, 1.807) is 18.2 Å². The topological polar surface area (TPSA) is 58.9 Å². The van der Waals surface area contributed by atoms with Crippen LogP contribution in [0.1, 0.15) is 34.6 Å². The highest BCUT2D eigenvalue weighted by molar-refractivity contribution is 6.30. The average Bonchev–Trinajstić information content (AvgIpc) is 3.29. The maximum absolute atomic E-state index is 12.3. The van der Waals surface area contributed by atoms with Crippen molar-refractivity contribution in [3.63, 3.8) is 0 Å². The largest absolute Gasteiger partial charge is 0.489 e. The molecule has 0 aromatic heterocycles. The second kappa shape index (κ2) is 8.42. The molecule has 0 radical (unpaired) electrons. The van der Waals surface area contributed by atoms with Gasteiger partial charge in [0.1, 0.15) is 18.1 Å². The number of fused-ring (bicyclic) bond motifs is 3. The van der Waals surface area contributed by atoms with E-state index in [2.05, 4.69) is 0 Å². The molecule has 0 amide bonds. The molecular weight excluding hydrogens is 460 g/mol. The summed E-state index contributed by atoms with van der Waals surface area (Å²) in [5.74, 6) is 0.854. The molecule has 0 spiro atoms. The molecule has 35 heavy (non-hydrogen) atoms. The molecule has 4 atom stereocenters. The van der Waals surface area contributed by atoms with Crippen LogP contribution in [-0.2, 0) is 17.8 Å². The van der Waals surface area contributed by atoms with Gasteiger partial charge in [-0.25, -0.2) is 0 Å². The molecule has 2 aliphatic rings. The zero-order valence-electron chi connectivity index (χ0n) is 19.0. The van der Waals surface area contributed by atoms with E-state index in [4.69, 9.17) is 21.1 Å². The molecule has 176 valence electrons. The van der Waals surface area contributed by atoms with Crippen LogP contribution in [0, 0.1) is 0 Å². The molecule has 0 unspecified atom stereocenters. The highest BCUT2D eigenvalue weighted by Crippen LogP contribution is 2.66. The van der Waals surface area contributed by atoms with Gasteiger partial charge in [0.2, 0.25) is 0 Å². The van der Waals surface area contributed by atoms with Gasteiger partial charge in [-0.15, -0.1) is 0 Å². The summed E-state index contributed by atoms with van der Waals surface area (Å²) in [4.78, 5) is 0. The highest BCUT2D eigenvalue weighted by Gasteiger charge is 2.72. The smallest absolute Gasteiger partial charge is 0.176 e. The number of hydrogen-bond donors (Lipinski definition) is 2. The molecule has 4 aromatic rings. The van der Waals surface area contributed by atoms with Crippen LogP contribution in [0.3, 0.4) is 0 Å². The summed E-state index contributed by atoms with van der Waals surface area (Å²) in [6.07, 6.45) is -0.671. The molecule has 1 fully saturated rings. The molecule has 5 heteroatoms. The molecule has 1 aliphatic heterocycles. The Balaban J connectivity index is 1.45. The maximum Gasteiger partial charge on any atom is 0.176 e. The van der Waals surface area contributed by atoms with Crippen LogP contribution < -0.4 is 9.47 Å². The number of benzene rings is 4. The van der Waals surface area contributed by atoms with Crippen molar-refractivity contribution in [2.45, 2.75) is 36.3 Å². The number of aliphatic hydroxyl groups excluding tert-OH is 1. The Labute approximate surface area is 209 Å². The average molecular weight is 485 g/mol. The summed E-state index contributed by atoms with van der Waals surface area (Å²) >= 11 is 6.20. The summed E-state index contributed by atoms with van der Waals surface area (Å²) in [5.41, 5.74) is 0.503. The molecule has 4 nitrogen and oxygen atoms in total. The van der Waals surface area contributed by atoms with Crippen LogP contribution in [0.15, 0.2) is 103 Å². The molecule has 0 saturated heterocycles. The van der Waals surface area contributed by atoms with Gasteiger partial charge in [-0.1, -0.05) is 84.4 Å². The zero-order valence-corrected chi connectivity index (χ0v) is 19.7. The molecule has 1 aliphatic carbocycles. The molecule has 0 bridgehead atoms. The Bertz CT molecular complexity index is 1340. The monoisotopic (exact) mass is 484 g/mol. The van der Waals surface area contributed by atoms with Gasteiger partial charge < -0.3 is 19.7 Å². The van der Waals surface area contributed by atoms with E-state index in [1.807, 2.05) is 84.9 Å². The lowest BCUT2D eigenvalue weighted by molar-refractivity contribution is -0.149. The Morgan fingerprint density at radius 1 is 0.886 bits per heavy atom. The van der Waals surface area contributed by atoms with E-state index >= 15 is 0 Å². The Hall–Kier alpha value is -3.31. The number of halogens is 1. The fourth-order valence-electron chi connectivity index (χ4n) is 5.74. The third-order valence-electron chi connectivity index (χ3n) is 7.36. The minimum atomic E-state index is -1.64. The van der Waals surface area contributed by atoms with Gasteiger partial charge in [0.05, 0.1) is 6.10 Å². The third-order valence-corrected chi connectivity index (χ3v) is 7.61. The summed E-state index contributed by atoms with van der Waals surface area (Å²) < 4.78 is 12.8. The molecule has 1 saturated carbocycles. The van der Waals surface area contributed by atoms with Gasteiger partial charge in [0.25, 0.3) is 0 Å². The number of hydrogen-bond acceptors (Lipinski definition) is 4. The molecule has 4 aromatic carbocycles. The summed E-state index contributed by atoms with van der Waals surface area (Å²) in [6, 6.07) is 32.6. The quantitative estimate of drug-likeness (QED) is 0.368. The van der Waals surface area contributed by atoms with E-state index in [0.717, 1.165) is 16.7 Å². The van der Waals surface area contributed by atoms with Crippen LogP contribution in [0.4, 0.5) is 0 Å². The van der Waals surface area contributed by atoms with Crippen LogP contribution in [0.2, 0.25) is 5.02 Å². The van der Waals surface area contributed by atoms with Gasteiger partial charge in [0.15, 0.2) is 11.2 Å². The Morgan fingerprint density at radius 2 is 1.57 bits per heavy atom. The summed E-state index contributed by atoms with van der Waals surface area (Å²) in [7, 11) is 0. The lowest BCUT2D eigenvalue weighted by Crippen LogP contribution is -2.51. The first-order chi connectivity index (χ1) is 17.0. The standard InChI is InChI=1S/C30H25ClO4/c31-23-13-11-22(12-14-23)30-26(21-9-5-2-6-10-21)18-28(32)29(30,33)25-16-15-24(17-27(25)35-30)34-19-20-7-3-1-4-8-20/h1-17,26,28,32-33H,18-19H2/t26-,28+,29-,30-/m0/s1. The van der Waals surface area contributed by atoms with Crippen molar-refractivity contribution in [2.24, 2.45) is 0 Å². The fraction of sp³-hybridized carbons (Fsp3) is 0.200. The maximum atomic E-state index is 12.3. The van der Waals surface area contributed by atoms with Crippen molar-refractivity contribution in [1.82, 2.24) is 0 Å². The van der Waals surface area contributed by atoms with Crippen LogP contribution in [0.25, 0.3) is 0 Å². The van der Waals surface area contributed by atoms with Crippen molar-refractivity contribution >= 4 is 11.6 Å². The number of aliphatic hydroxyl groups is 2. The van der Waals surface area contributed by atoms with Crippen molar-refractivity contribution in [3.05, 3.63) is 130 Å². The summed E-state index contributed by atoms with van der Waals surface area (Å²) in [6.45, 7) is 0.418. The molecule has 1 heterocycles. The zero-order chi connectivity index (χ0) is 24.0. The van der Waals surface area contributed by atoms with Crippen LogP contribution >= 0.6 is 11.6 Å². The second-order valence-corrected chi connectivity index (χ2v) is 9.69. The Morgan fingerprint density at radius 3 is 2.29 bits per heavy atom. The van der Waals surface area contributed by atoms with Gasteiger partial charge >= 0.3 is 0 Å². The lowest BCUT2D eigenvalue weighted by Gasteiger charge is -2.40. The van der Waals surface area contributed by atoms with Crippen LogP contribution in [-0.4, -0.2) is 16.3 Å².